The van der Waals surface area contributed by atoms with Crippen LogP contribution in [0.5, 0.6) is 0 Å². The second-order valence-corrected chi connectivity index (χ2v) is 11.7. The van der Waals surface area contributed by atoms with Crippen molar-refractivity contribution in [1.82, 2.24) is 0 Å². The van der Waals surface area contributed by atoms with Gasteiger partial charge in [0.15, 0.2) is 23.7 Å². The van der Waals surface area contributed by atoms with Gasteiger partial charge in [-0.1, -0.05) is 72.8 Å². The zero-order valence-corrected chi connectivity index (χ0v) is 25.4. The fourth-order valence-corrected chi connectivity index (χ4v) is 6.16. The molecule has 0 amide bonds. The van der Waals surface area contributed by atoms with Crippen LogP contribution in [0.25, 0.3) is 0 Å². The van der Waals surface area contributed by atoms with Crippen LogP contribution < -0.4 is 0 Å². The number of hydrogen-bond acceptors (Lipinski definition) is 10. The molecular weight excluding hydrogens is 612 g/mol. The standard InChI is InChI=1S/C35H30O10S/c1-23(36)41-22-28-29(43-32(37)24-14-6-2-7-15-24)30(44-33(38)25-16-8-3-9-17-25)31(45-34(39)26-18-10-4-11-19-26)35(42-28)46(40)27-20-12-5-13-21-27/h2-21,28-31,35H,22H2,1H3. The lowest BCUT2D eigenvalue weighted by atomic mass is 9.98. The van der Waals surface area contributed by atoms with Gasteiger partial charge in [-0.25, -0.2) is 14.4 Å². The predicted octanol–water partition coefficient (Wildman–Crippen LogP) is 4.76. The van der Waals surface area contributed by atoms with E-state index in [4.69, 9.17) is 23.7 Å². The van der Waals surface area contributed by atoms with E-state index in [1.807, 2.05) is 0 Å². The Bertz CT molecular complexity index is 1670. The maximum absolute atomic E-state index is 14.1. The topological polar surface area (TPSA) is 132 Å². The Balaban J connectivity index is 1.61. The van der Waals surface area contributed by atoms with E-state index in [2.05, 4.69) is 0 Å². The van der Waals surface area contributed by atoms with Crippen LogP contribution in [-0.2, 0) is 39.3 Å². The van der Waals surface area contributed by atoms with E-state index < -0.39 is 71.1 Å². The largest absolute Gasteiger partial charge is 0.463 e. The molecule has 1 heterocycles. The first-order chi connectivity index (χ1) is 22.3. The fourth-order valence-electron chi connectivity index (χ4n) is 4.77. The molecule has 1 fully saturated rings. The minimum atomic E-state index is -2.02. The Morgan fingerprint density at radius 1 is 0.587 bits per heavy atom. The van der Waals surface area contributed by atoms with Gasteiger partial charge in [-0.3, -0.25) is 9.00 Å². The van der Waals surface area contributed by atoms with Crippen LogP contribution in [0.2, 0.25) is 0 Å². The van der Waals surface area contributed by atoms with Crippen molar-refractivity contribution in [3.8, 4) is 0 Å². The summed E-state index contributed by atoms with van der Waals surface area (Å²) in [4.78, 5) is 52.6. The smallest absolute Gasteiger partial charge is 0.338 e. The lowest BCUT2D eigenvalue weighted by Crippen LogP contribution is -2.63. The van der Waals surface area contributed by atoms with E-state index in [9.17, 15) is 23.4 Å². The maximum atomic E-state index is 14.1. The van der Waals surface area contributed by atoms with Crippen molar-refractivity contribution in [3.63, 3.8) is 0 Å². The van der Waals surface area contributed by atoms with Crippen molar-refractivity contribution >= 4 is 34.7 Å². The molecule has 46 heavy (non-hydrogen) atoms. The third-order valence-corrected chi connectivity index (χ3v) is 8.52. The van der Waals surface area contributed by atoms with Crippen LogP contribution in [-0.4, -0.2) is 64.5 Å². The first-order valence-corrected chi connectivity index (χ1v) is 15.6. The van der Waals surface area contributed by atoms with Crippen molar-refractivity contribution < 1.29 is 47.1 Å². The van der Waals surface area contributed by atoms with Gasteiger partial charge in [-0.15, -0.1) is 0 Å². The summed E-state index contributed by atoms with van der Waals surface area (Å²) in [5, 5.41) is 0. The summed E-state index contributed by atoms with van der Waals surface area (Å²) < 4.78 is 43.4. The Hall–Kier alpha value is -5.13. The summed E-state index contributed by atoms with van der Waals surface area (Å²) in [6.07, 6.45) is -5.87. The van der Waals surface area contributed by atoms with Crippen molar-refractivity contribution in [3.05, 3.63) is 138 Å². The molecule has 0 aromatic heterocycles. The summed E-state index contributed by atoms with van der Waals surface area (Å²) in [6.45, 7) is 0.730. The molecule has 6 unspecified atom stereocenters. The minimum Gasteiger partial charge on any atom is -0.463 e. The van der Waals surface area contributed by atoms with Gasteiger partial charge in [0.1, 0.15) is 12.7 Å². The molecule has 0 spiro atoms. The summed E-state index contributed by atoms with van der Waals surface area (Å²) in [5.74, 6) is -3.12. The van der Waals surface area contributed by atoms with Gasteiger partial charge in [0.25, 0.3) is 0 Å². The first-order valence-electron chi connectivity index (χ1n) is 14.3. The van der Waals surface area contributed by atoms with Gasteiger partial charge in [0, 0.05) is 11.8 Å². The third kappa shape index (κ3) is 7.92. The van der Waals surface area contributed by atoms with E-state index in [-0.39, 0.29) is 16.7 Å². The van der Waals surface area contributed by atoms with E-state index >= 15 is 0 Å². The summed E-state index contributed by atoms with van der Waals surface area (Å²) in [5.41, 5.74) is -0.946. The minimum absolute atomic E-state index is 0.160. The molecule has 0 N–H and O–H groups in total. The predicted molar refractivity (Wildman–Crippen MR) is 165 cm³/mol. The molecule has 0 aliphatic carbocycles. The van der Waals surface area contributed by atoms with E-state index in [0.29, 0.717) is 4.90 Å². The van der Waals surface area contributed by atoms with Crippen LogP contribution in [0, 0.1) is 0 Å². The van der Waals surface area contributed by atoms with Crippen LogP contribution in [0.15, 0.2) is 126 Å². The second kappa shape index (κ2) is 15.2. The first kappa shape index (κ1) is 32.3. The summed E-state index contributed by atoms with van der Waals surface area (Å²) in [6, 6.07) is 32.4. The average molecular weight is 643 g/mol. The molecular formula is C35H30O10S. The number of benzene rings is 4. The van der Waals surface area contributed by atoms with Crippen molar-refractivity contribution in [2.24, 2.45) is 0 Å². The molecule has 4 aromatic rings. The van der Waals surface area contributed by atoms with Crippen LogP contribution >= 0.6 is 0 Å². The highest BCUT2D eigenvalue weighted by atomic mass is 32.2. The molecule has 0 saturated carbocycles. The number of esters is 4. The molecule has 5 rings (SSSR count). The third-order valence-electron chi connectivity index (χ3n) is 6.99. The Kier molecular flexibility index (Phi) is 10.7. The van der Waals surface area contributed by atoms with Crippen molar-refractivity contribution in [2.75, 3.05) is 6.61 Å². The fraction of sp³-hybridized carbons (Fsp3) is 0.200. The van der Waals surface area contributed by atoms with Gasteiger partial charge in [0.2, 0.25) is 0 Å². The van der Waals surface area contributed by atoms with Crippen LogP contribution in [0.3, 0.4) is 0 Å². The molecule has 11 heteroatoms. The maximum Gasteiger partial charge on any atom is 0.338 e. The van der Waals surface area contributed by atoms with Gasteiger partial charge in [-0.2, -0.15) is 0 Å². The second-order valence-electron chi connectivity index (χ2n) is 10.2. The van der Waals surface area contributed by atoms with E-state index in [1.54, 1.807) is 84.9 Å². The molecule has 6 atom stereocenters. The van der Waals surface area contributed by atoms with Gasteiger partial charge < -0.3 is 23.7 Å². The van der Waals surface area contributed by atoms with Crippen LogP contribution in [0.4, 0.5) is 0 Å². The zero-order valence-electron chi connectivity index (χ0n) is 24.6. The van der Waals surface area contributed by atoms with Crippen molar-refractivity contribution in [2.45, 2.75) is 41.7 Å². The number of ether oxygens (including phenoxy) is 5. The number of carbonyl (C=O) groups is 4. The zero-order chi connectivity index (χ0) is 32.5. The number of hydrogen-bond donors (Lipinski definition) is 0. The van der Waals surface area contributed by atoms with Gasteiger partial charge in [-0.05, 0) is 48.5 Å². The molecule has 236 valence electrons. The lowest BCUT2D eigenvalue weighted by molar-refractivity contribution is -0.211. The van der Waals surface area contributed by atoms with Gasteiger partial charge in [0.05, 0.1) is 27.5 Å². The lowest BCUT2D eigenvalue weighted by Gasteiger charge is -2.44. The molecule has 1 saturated heterocycles. The molecule has 1 aliphatic rings. The Morgan fingerprint density at radius 3 is 1.41 bits per heavy atom. The van der Waals surface area contributed by atoms with Crippen LogP contribution in [0.1, 0.15) is 38.0 Å². The highest BCUT2D eigenvalue weighted by molar-refractivity contribution is 7.85. The molecule has 1 aliphatic heterocycles. The monoisotopic (exact) mass is 642 g/mol. The Labute approximate surface area is 267 Å². The highest BCUT2D eigenvalue weighted by Crippen LogP contribution is 2.34. The molecule has 10 nitrogen and oxygen atoms in total. The van der Waals surface area contributed by atoms with Crippen molar-refractivity contribution in [1.29, 1.82) is 0 Å². The van der Waals surface area contributed by atoms with E-state index in [1.165, 1.54) is 43.3 Å². The number of carbonyl (C=O) groups excluding carboxylic acids is 4. The summed E-state index contributed by atoms with van der Waals surface area (Å²) in [7, 11) is -2.02. The SMILES string of the molecule is CC(=O)OCC1OC(S(=O)c2ccccc2)C(OC(=O)c2ccccc2)C(OC(=O)c2ccccc2)C1OC(=O)c1ccccc1. The molecule has 0 bridgehead atoms. The highest BCUT2D eigenvalue weighted by Gasteiger charge is 2.55. The molecule has 4 aromatic carbocycles. The summed E-state index contributed by atoms with van der Waals surface area (Å²) >= 11 is 0. The average Bonchev–Trinajstić information content (AvgIpc) is 3.10. The quantitative estimate of drug-likeness (QED) is 0.176. The normalized spacial score (nSPS) is 21.3. The van der Waals surface area contributed by atoms with Gasteiger partial charge >= 0.3 is 23.9 Å². The Morgan fingerprint density at radius 2 is 0.978 bits per heavy atom. The molecule has 0 radical (unpaired) electrons. The number of rotatable bonds is 10. The van der Waals surface area contributed by atoms with E-state index in [0.717, 1.165) is 0 Å².